The van der Waals surface area contributed by atoms with Gasteiger partial charge in [-0.05, 0) is 40.4 Å². The summed E-state index contributed by atoms with van der Waals surface area (Å²) in [6, 6.07) is 13.2. The van der Waals surface area contributed by atoms with Crippen molar-refractivity contribution in [1.82, 2.24) is 5.43 Å². The van der Waals surface area contributed by atoms with Crippen LogP contribution in [-0.4, -0.2) is 0 Å². The summed E-state index contributed by atoms with van der Waals surface area (Å²) in [7, 11) is 0. The molecule has 0 aliphatic carbocycles. The molecule has 0 saturated heterocycles. The van der Waals surface area contributed by atoms with Crippen molar-refractivity contribution in [1.29, 1.82) is 0 Å². The Balaban J connectivity index is 2.15. The molecule has 0 aliphatic heterocycles. The average Bonchev–Trinajstić information content (AvgIpc) is 2.48. The maximum atomic E-state index is 14.2. The Labute approximate surface area is 131 Å². The van der Waals surface area contributed by atoms with E-state index in [9.17, 15) is 4.39 Å². The van der Waals surface area contributed by atoms with E-state index in [1.165, 1.54) is 5.56 Å². The summed E-state index contributed by atoms with van der Waals surface area (Å²) in [6.07, 6.45) is 1.50. The molecule has 0 fully saturated rings. The number of benzene rings is 2. The lowest BCUT2D eigenvalue weighted by atomic mass is 9.99. The van der Waals surface area contributed by atoms with Crippen molar-refractivity contribution in [2.45, 2.75) is 18.9 Å². The number of aryl methyl sites for hydroxylation is 1. The van der Waals surface area contributed by atoms with E-state index in [0.29, 0.717) is 16.5 Å². The minimum absolute atomic E-state index is 0.0856. The average molecular weight is 358 g/mol. The Hall–Kier alpha value is -0.940. The normalized spacial score (nSPS) is 12.4. The van der Waals surface area contributed by atoms with Crippen LogP contribution in [0.15, 0.2) is 46.9 Å². The van der Waals surface area contributed by atoms with Crippen LogP contribution in [0.3, 0.4) is 0 Å². The van der Waals surface area contributed by atoms with E-state index in [4.69, 9.17) is 17.4 Å². The molecule has 1 unspecified atom stereocenters. The first-order valence-corrected chi connectivity index (χ1v) is 7.44. The van der Waals surface area contributed by atoms with Gasteiger partial charge in [0, 0.05) is 16.1 Å². The second kappa shape index (κ2) is 7.18. The van der Waals surface area contributed by atoms with E-state index < -0.39 is 5.82 Å². The third kappa shape index (κ3) is 3.58. The van der Waals surface area contributed by atoms with Crippen LogP contribution in [0.5, 0.6) is 0 Å². The Kier molecular flexibility index (Phi) is 5.54. The van der Waals surface area contributed by atoms with Crippen LogP contribution in [0.4, 0.5) is 4.39 Å². The molecular weight excluding hydrogens is 343 g/mol. The predicted octanol–water partition coefficient (Wildman–Crippen LogP) is 4.38. The molecular formula is C15H15BrClFN2. The minimum atomic E-state index is -0.433. The van der Waals surface area contributed by atoms with Gasteiger partial charge in [-0.25, -0.2) is 4.39 Å². The first-order valence-electron chi connectivity index (χ1n) is 6.27. The Morgan fingerprint density at radius 2 is 1.90 bits per heavy atom. The van der Waals surface area contributed by atoms with Gasteiger partial charge in [0.2, 0.25) is 0 Å². The van der Waals surface area contributed by atoms with E-state index in [1.807, 2.05) is 30.3 Å². The standard InChI is InChI=1S/C15H15BrClFN2/c16-12-8-7-11(15(18)14(12)17)13(20-19)9-6-10-4-2-1-3-5-10/h1-5,7-8,13,20H,6,9,19H2. The van der Waals surface area contributed by atoms with Crippen LogP contribution in [0, 0.1) is 5.82 Å². The highest BCUT2D eigenvalue weighted by Gasteiger charge is 2.18. The Bertz CT molecular complexity index is 578. The second-order valence-electron chi connectivity index (χ2n) is 4.51. The molecule has 1 atom stereocenters. The van der Waals surface area contributed by atoms with Gasteiger partial charge in [0.15, 0.2) is 0 Å². The van der Waals surface area contributed by atoms with Gasteiger partial charge >= 0.3 is 0 Å². The maximum Gasteiger partial charge on any atom is 0.147 e. The molecule has 3 N–H and O–H groups in total. The summed E-state index contributed by atoms with van der Waals surface area (Å²) in [4.78, 5) is 0. The van der Waals surface area contributed by atoms with Crippen LogP contribution >= 0.6 is 27.5 Å². The van der Waals surface area contributed by atoms with Crippen molar-refractivity contribution in [2.24, 2.45) is 5.84 Å². The number of nitrogens with one attached hydrogen (secondary N) is 1. The highest BCUT2D eigenvalue weighted by Crippen LogP contribution is 2.31. The van der Waals surface area contributed by atoms with Crippen LogP contribution in [0.1, 0.15) is 23.6 Å². The van der Waals surface area contributed by atoms with Gasteiger partial charge in [0.05, 0.1) is 5.02 Å². The van der Waals surface area contributed by atoms with Gasteiger partial charge in [-0.1, -0.05) is 48.0 Å². The first kappa shape index (κ1) is 15.4. The molecule has 2 rings (SSSR count). The SMILES string of the molecule is NNC(CCc1ccccc1)c1ccc(Br)c(Cl)c1F. The number of hydrogen-bond acceptors (Lipinski definition) is 2. The first-order chi connectivity index (χ1) is 9.63. The van der Waals surface area contributed by atoms with Gasteiger partial charge in [0.25, 0.3) is 0 Å². The minimum Gasteiger partial charge on any atom is -0.271 e. The Morgan fingerprint density at radius 1 is 1.20 bits per heavy atom. The van der Waals surface area contributed by atoms with Crippen molar-refractivity contribution < 1.29 is 4.39 Å². The highest BCUT2D eigenvalue weighted by molar-refractivity contribution is 9.10. The molecule has 0 bridgehead atoms. The van der Waals surface area contributed by atoms with E-state index in [2.05, 4.69) is 21.4 Å². The van der Waals surface area contributed by atoms with Crippen molar-refractivity contribution in [3.8, 4) is 0 Å². The third-order valence-electron chi connectivity index (χ3n) is 3.21. The summed E-state index contributed by atoms with van der Waals surface area (Å²) in [5.41, 5.74) is 4.34. The molecule has 5 heteroatoms. The van der Waals surface area contributed by atoms with E-state index in [1.54, 1.807) is 12.1 Å². The Morgan fingerprint density at radius 3 is 2.55 bits per heavy atom. The van der Waals surface area contributed by atoms with Gasteiger partial charge < -0.3 is 0 Å². The lowest BCUT2D eigenvalue weighted by molar-refractivity contribution is 0.485. The highest BCUT2D eigenvalue weighted by atomic mass is 79.9. The zero-order chi connectivity index (χ0) is 14.5. The maximum absolute atomic E-state index is 14.2. The summed E-state index contributed by atoms with van der Waals surface area (Å²) in [5, 5.41) is 0.0856. The number of nitrogens with two attached hydrogens (primary N) is 1. The molecule has 2 nitrogen and oxygen atoms in total. The number of rotatable bonds is 5. The van der Waals surface area contributed by atoms with E-state index >= 15 is 0 Å². The lowest BCUT2D eigenvalue weighted by Gasteiger charge is -2.18. The quantitative estimate of drug-likeness (QED) is 0.473. The molecule has 2 aromatic carbocycles. The number of halogens is 3. The predicted molar refractivity (Wildman–Crippen MR) is 83.9 cm³/mol. The molecule has 0 spiro atoms. The van der Waals surface area contributed by atoms with Gasteiger partial charge in [0.1, 0.15) is 5.82 Å². The second-order valence-corrected chi connectivity index (χ2v) is 5.74. The van der Waals surface area contributed by atoms with Crippen molar-refractivity contribution in [3.63, 3.8) is 0 Å². The van der Waals surface area contributed by atoms with Crippen molar-refractivity contribution in [2.75, 3.05) is 0 Å². The zero-order valence-electron chi connectivity index (χ0n) is 10.7. The topological polar surface area (TPSA) is 38.0 Å². The zero-order valence-corrected chi connectivity index (χ0v) is 13.1. The fourth-order valence-electron chi connectivity index (χ4n) is 2.09. The molecule has 106 valence electrons. The van der Waals surface area contributed by atoms with Gasteiger partial charge in [-0.15, -0.1) is 0 Å². The summed E-state index contributed by atoms with van der Waals surface area (Å²) < 4.78 is 14.7. The molecule has 0 saturated carbocycles. The van der Waals surface area contributed by atoms with Crippen LogP contribution < -0.4 is 11.3 Å². The molecule has 0 aromatic heterocycles. The fraction of sp³-hybridized carbons (Fsp3) is 0.200. The fourth-order valence-corrected chi connectivity index (χ4v) is 2.57. The molecule has 20 heavy (non-hydrogen) atoms. The van der Waals surface area contributed by atoms with Gasteiger partial charge in [-0.3, -0.25) is 11.3 Å². The molecule has 0 heterocycles. The summed E-state index contributed by atoms with van der Waals surface area (Å²) in [6.45, 7) is 0. The van der Waals surface area contributed by atoms with E-state index in [-0.39, 0.29) is 11.1 Å². The van der Waals surface area contributed by atoms with Crippen molar-refractivity contribution in [3.05, 3.63) is 68.9 Å². The van der Waals surface area contributed by atoms with Gasteiger partial charge in [-0.2, -0.15) is 0 Å². The van der Waals surface area contributed by atoms with Crippen LogP contribution in [-0.2, 0) is 6.42 Å². The van der Waals surface area contributed by atoms with Crippen LogP contribution in [0.2, 0.25) is 5.02 Å². The van der Waals surface area contributed by atoms with Crippen LogP contribution in [0.25, 0.3) is 0 Å². The third-order valence-corrected chi connectivity index (χ3v) is 4.46. The summed E-state index contributed by atoms with van der Waals surface area (Å²) >= 11 is 9.11. The number of hydrazine groups is 1. The van der Waals surface area contributed by atoms with E-state index in [0.717, 1.165) is 6.42 Å². The molecule has 0 radical (unpaired) electrons. The van der Waals surface area contributed by atoms with Crippen molar-refractivity contribution >= 4 is 27.5 Å². The lowest BCUT2D eigenvalue weighted by Crippen LogP contribution is -2.29. The molecule has 0 aliphatic rings. The summed E-state index contributed by atoms with van der Waals surface area (Å²) in [5.74, 6) is 5.12. The smallest absolute Gasteiger partial charge is 0.147 e. The molecule has 2 aromatic rings. The largest absolute Gasteiger partial charge is 0.271 e. The monoisotopic (exact) mass is 356 g/mol. The molecule has 0 amide bonds. The number of hydrogen-bond donors (Lipinski definition) is 2.